The van der Waals surface area contributed by atoms with Crippen LogP contribution in [0.15, 0.2) is 0 Å². The predicted octanol–water partition coefficient (Wildman–Crippen LogP) is 0.0707. The van der Waals surface area contributed by atoms with Crippen molar-refractivity contribution in [2.45, 2.75) is 19.1 Å². The van der Waals surface area contributed by atoms with Crippen LogP contribution in [0.1, 0.15) is 13.3 Å². The van der Waals surface area contributed by atoms with Gasteiger partial charge in [-0.15, -0.1) is 4.89 Å². The molecule has 5 nitrogen and oxygen atoms in total. The van der Waals surface area contributed by atoms with Gasteiger partial charge in [-0.1, -0.05) is 0 Å². The normalized spacial score (nSPS) is 34.7. The Morgan fingerprint density at radius 3 is 2.78 bits per heavy atom. The van der Waals surface area contributed by atoms with Crippen molar-refractivity contribution in [2.24, 2.45) is 0 Å². The van der Waals surface area contributed by atoms with E-state index in [0.717, 1.165) is 0 Å². The molecule has 0 aromatic heterocycles. The third-order valence-electron chi connectivity index (χ3n) is 0.969. The molecule has 0 saturated carbocycles. The van der Waals surface area contributed by atoms with E-state index in [0.29, 0.717) is 0 Å². The summed E-state index contributed by atoms with van der Waals surface area (Å²) in [7, 11) is 0. The average Bonchev–Trinajstić information content (AvgIpc) is 2.13. The van der Waals surface area contributed by atoms with Crippen LogP contribution in [-0.4, -0.2) is 17.0 Å². The van der Waals surface area contributed by atoms with Crippen LogP contribution in [0.25, 0.3) is 0 Å². The number of rotatable bonds is 1. The lowest BCUT2D eigenvalue weighted by Gasteiger charge is -2.11. The first kappa shape index (κ1) is 6.47. The molecule has 0 spiro atoms. The molecule has 5 heteroatoms. The van der Waals surface area contributed by atoms with Crippen molar-refractivity contribution < 1.29 is 24.7 Å². The van der Waals surface area contributed by atoms with Crippen LogP contribution >= 0.6 is 0 Å². The van der Waals surface area contributed by atoms with Gasteiger partial charge in [0, 0.05) is 0 Å². The summed E-state index contributed by atoms with van der Waals surface area (Å²) in [5, 5.41) is 8.09. The molecule has 0 aliphatic carbocycles. The van der Waals surface area contributed by atoms with Gasteiger partial charge in [0.05, 0.1) is 0 Å². The Bertz CT molecular complexity index is 133. The summed E-state index contributed by atoms with van der Waals surface area (Å²) in [5.41, 5.74) is 0. The molecule has 1 N–H and O–H groups in total. The minimum absolute atomic E-state index is 0.0938. The van der Waals surface area contributed by atoms with Crippen LogP contribution in [0.5, 0.6) is 0 Å². The Labute approximate surface area is 51.0 Å². The SMILES string of the molecule is C[C@]1(OO)CC(=O)OO1. The van der Waals surface area contributed by atoms with E-state index in [1.165, 1.54) is 6.92 Å². The van der Waals surface area contributed by atoms with E-state index in [1.807, 2.05) is 0 Å². The third-order valence-corrected chi connectivity index (χ3v) is 0.969. The quantitative estimate of drug-likeness (QED) is 0.406. The van der Waals surface area contributed by atoms with Gasteiger partial charge in [-0.3, -0.25) is 4.89 Å². The zero-order valence-corrected chi connectivity index (χ0v) is 4.79. The van der Waals surface area contributed by atoms with Crippen molar-refractivity contribution in [3.63, 3.8) is 0 Å². The topological polar surface area (TPSA) is 65.0 Å². The second-order valence-corrected chi connectivity index (χ2v) is 1.94. The highest BCUT2D eigenvalue weighted by molar-refractivity contribution is 5.70. The first-order chi connectivity index (χ1) is 4.16. The molecule has 0 bridgehead atoms. The second kappa shape index (κ2) is 1.94. The van der Waals surface area contributed by atoms with E-state index in [-0.39, 0.29) is 6.42 Å². The number of hydrogen-bond acceptors (Lipinski definition) is 5. The highest BCUT2D eigenvalue weighted by Crippen LogP contribution is 2.23. The molecule has 1 rings (SSSR count). The lowest BCUT2D eigenvalue weighted by molar-refractivity contribution is -0.452. The van der Waals surface area contributed by atoms with Gasteiger partial charge in [0.25, 0.3) is 5.79 Å². The Hall–Kier alpha value is -0.650. The minimum atomic E-state index is -1.31. The maximum atomic E-state index is 10.3. The molecule has 1 atom stereocenters. The molecule has 0 amide bonds. The van der Waals surface area contributed by atoms with E-state index in [1.54, 1.807) is 0 Å². The first-order valence-corrected chi connectivity index (χ1v) is 2.37. The van der Waals surface area contributed by atoms with Crippen LogP contribution in [0, 0.1) is 0 Å². The molecule has 1 saturated heterocycles. The lowest BCUT2D eigenvalue weighted by atomic mass is 10.2. The van der Waals surface area contributed by atoms with E-state index in [4.69, 9.17) is 5.26 Å². The van der Waals surface area contributed by atoms with Crippen molar-refractivity contribution in [3.8, 4) is 0 Å². The van der Waals surface area contributed by atoms with Gasteiger partial charge in [-0.25, -0.2) is 10.1 Å². The molecule has 1 fully saturated rings. The fraction of sp³-hybridized carbons (Fsp3) is 0.750. The van der Waals surface area contributed by atoms with Crippen LogP contribution < -0.4 is 0 Å². The van der Waals surface area contributed by atoms with Gasteiger partial charge in [0.2, 0.25) is 0 Å². The summed E-state index contributed by atoms with van der Waals surface area (Å²) in [6, 6.07) is 0. The fourth-order valence-electron chi connectivity index (χ4n) is 0.503. The maximum absolute atomic E-state index is 10.3. The van der Waals surface area contributed by atoms with Gasteiger partial charge < -0.3 is 0 Å². The van der Waals surface area contributed by atoms with Gasteiger partial charge in [0.1, 0.15) is 6.42 Å². The second-order valence-electron chi connectivity index (χ2n) is 1.94. The number of hydrogen-bond donors (Lipinski definition) is 1. The van der Waals surface area contributed by atoms with Crippen LogP contribution in [0.4, 0.5) is 0 Å². The summed E-state index contributed by atoms with van der Waals surface area (Å²) in [6.07, 6.45) is -0.0938. The van der Waals surface area contributed by atoms with Gasteiger partial charge in [-0.2, -0.15) is 4.89 Å². The molecule has 1 aliphatic rings. The van der Waals surface area contributed by atoms with Gasteiger partial charge >= 0.3 is 5.97 Å². The highest BCUT2D eigenvalue weighted by atomic mass is 17.3. The Morgan fingerprint density at radius 1 is 1.89 bits per heavy atom. The molecule has 52 valence electrons. The van der Waals surface area contributed by atoms with Crippen molar-refractivity contribution >= 4 is 5.97 Å². The first-order valence-electron chi connectivity index (χ1n) is 2.37. The summed E-state index contributed by atoms with van der Waals surface area (Å²) in [4.78, 5) is 22.4. The molecule has 0 aromatic rings. The highest BCUT2D eigenvalue weighted by Gasteiger charge is 2.40. The Kier molecular flexibility index (Phi) is 1.40. The molecule has 0 radical (unpaired) electrons. The largest absolute Gasteiger partial charge is 0.348 e. The lowest BCUT2D eigenvalue weighted by Crippen LogP contribution is -2.25. The summed E-state index contributed by atoms with van der Waals surface area (Å²) in [6.45, 7) is 1.39. The van der Waals surface area contributed by atoms with Crippen molar-refractivity contribution in [2.75, 3.05) is 0 Å². The van der Waals surface area contributed by atoms with Gasteiger partial charge in [0.15, 0.2) is 0 Å². The van der Waals surface area contributed by atoms with E-state index in [9.17, 15) is 4.79 Å². The van der Waals surface area contributed by atoms with Crippen molar-refractivity contribution in [1.82, 2.24) is 0 Å². The summed E-state index contributed by atoms with van der Waals surface area (Å²) < 4.78 is 0. The predicted molar refractivity (Wildman–Crippen MR) is 23.9 cm³/mol. The maximum Gasteiger partial charge on any atom is 0.348 e. The third kappa shape index (κ3) is 1.18. The molecule has 0 aromatic carbocycles. The van der Waals surface area contributed by atoms with Crippen LogP contribution in [0.3, 0.4) is 0 Å². The van der Waals surface area contributed by atoms with Crippen molar-refractivity contribution in [1.29, 1.82) is 0 Å². The van der Waals surface area contributed by atoms with E-state index >= 15 is 0 Å². The van der Waals surface area contributed by atoms with E-state index in [2.05, 4.69) is 14.7 Å². The smallest absolute Gasteiger partial charge is 0.295 e. The van der Waals surface area contributed by atoms with E-state index < -0.39 is 11.8 Å². The summed E-state index contributed by atoms with van der Waals surface area (Å²) in [5.74, 6) is -1.86. The molecular weight excluding hydrogens is 128 g/mol. The average molecular weight is 134 g/mol. The summed E-state index contributed by atoms with van der Waals surface area (Å²) >= 11 is 0. The fourth-order valence-corrected chi connectivity index (χ4v) is 0.503. The molecule has 1 aliphatic heterocycles. The zero-order valence-electron chi connectivity index (χ0n) is 4.79. The zero-order chi connectivity index (χ0) is 6.91. The standard InChI is InChI=1S/C4H6O5/c1-4(8-6)2-3(5)7-9-4/h6H,2H2,1H3/t4-/m1/s1. The van der Waals surface area contributed by atoms with Gasteiger partial charge in [-0.05, 0) is 6.92 Å². The Balaban J connectivity index is 2.54. The molecular formula is C4H6O5. The minimum Gasteiger partial charge on any atom is -0.295 e. The number of carbonyl (C=O) groups excluding carboxylic acids is 1. The molecule has 0 unspecified atom stereocenters. The Morgan fingerprint density at radius 2 is 2.56 bits per heavy atom. The molecule has 9 heavy (non-hydrogen) atoms. The number of carbonyl (C=O) groups is 1. The monoisotopic (exact) mass is 134 g/mol. The van der Waals surface area contributed by atoms with Crippen LogP contribution in [0.2, 0.25) is 0 Å². The molecule has 1 heterocycles. The van der Waals surface area contributed by atoms with Crippen LogP contribution in [-0.2, 0) is 19.5 Å². The van der Waals surface area contributed by atoms with Crippen molar-refractivity contribution in [3.05, 3.63) is 0 Å².